The molecule has 3 N–H and O–H groups in total. The van der Waals surface area contributed by atoms with Gasteiger partial charge in [0, 0.05) is 23.1 Å². The third kappa shape index (κ3) is 4.60. The summed E-state index contributed by atoms with van der Waals surface area (Å²) in [6.07, 6.45) is 1.01. The molecule has 0 saturated heterocycles. The number of aromatic nitrogens is 4. The first-order chi connectivity index (χ1) is 15.0. The predicted molar refractivity (Wildman–Crippen MR) is 124 cm³/mol. The van der Waals surface area contributed by atoms with Gasteiger partial charge in [0.2, 0.25) is 0 Å². The van der Waals surface area contributed by atoms with Gasteiger partial charge in [0.15, 0.2) is 5.82 Å². The van der Waals surface area contributed by atoms with Gasteiger partial charge in [0.05, 0.1) is 23.5 Å². The van der Waals surface area contributed by atoms with Gasteiger partial charge in [-0.25, -0.2) is 4.79 Å². The van der Waals surface area contributed by atoms with E-state index in [9.17, 15) is 4.79 Å². The zero-order valence-corrected chi connectivity index (χ0v) is 18.0. The van der Waals surface area contributed by atoms with E-state index in [4.69, 9.17) is 4.74 Å². The molecule has 0 bridgehead atoms. The van der Waals surface area contributed by atoms with Crippen LogP contribution in [0, 0.1) is 5.92 Å². The summed E-state index contributed by atoms with van der Waals surface area (Å²) in [5, 5.41) is 11.7. The number of rotatable bonds is 8. The third-order valence-corrected chi connectivity index (χ3v) is 4.90. The molecule has 0 fully saturated rings. The van der Waals surface area contributed by atoms with E-state index in [1.54, 1.807) is 0 Å². The lowest BCUT2D eigenvalue weighted by molar-refractivity contribution is 0.272. The van der Waals surface area contributed by atoms with Gasteiger partial charge in [-0.05, 0) is 42.7 Å². The monoisotopic (exact) mass is 417 g/mol. The number of para-hydroxylation sites is 1. The van der Waals surface area contributed by atoms with E-state index in [1.807, 2.05) is 48.5 Å². The highest BCUT2D eigenvalue weighted by Crippen LogP contribution is 2.31. The Hall–Kier alpha value is -3.61. The smallest absolute Gasteiger partial charge is 0.345 e. The second kappa shape index (κ2) is 9.04. The number of benzene rings is 2. The number of anilines is 1. The van der Waals surface area contributed by atoms with Crippen molar-refractivity contribution >= 4 is 16.7 Å². The van der Waals surface area contributed by atoms with E-state index in [-0.39, 0.29) is 0 Å². The summed E-state index contributed by atoms with van der Waals surface area (Å²) in [6, 6.07) is 15.5. The number of fused-ring (bicyclic) bond motifs is 1. The van der Waals surface area contributed by atoms with Crippen LogP contribution in [0.5, 0.6) is 5.75 Å². The second-order valence-electron chi connectivity index (χ2n) is 7.95. The van der Waals surface area contributed by atoms with E-state index in [0.29, 0.717) is 23.9 Å². The SMILES string of the molecule is CCCNc1n[nH]c2ccc(-c3cc(-c4ccccc4OCC(C)C)[nH]c(=O)n3)cc12. The van der Waals surface area contributed by atoms with Crippen LogP contribution in [0.25, 0.3) is 33.4 Å². The Bertz CT molecular complexity index is 1240. The highest BCUT2D eigenvalue weighted by Gasteiger charge is 2.13. The van der Waals surface area contributed by atoms with E-state index in [1.165, 1.54) is 0 Å². The zero-order chi connectivity index (χ0) is 21.8. The maximum Gasteiger partial charge on any atom is 0.345 e. The summed E-state index contributed by atoms with van der Waals surface area (Å²) in [6.45, 7) is 7.75. The Labute approximate surface area is 180 Å². The third-order valence-electron chi connectivity index (χ3n) is 4.90. The lowest BCUT2D eigenvalue weighted by Crippen LogP contribution is -2.12. The van der Waals surface area contributed by atoms with Gasteiger partial charge in [-0.2, -0.15) is 10.1 Å². The average Bonchev–Trinajstić information content (AvgIpc) is 3.18. The molecule has 7 heteroatoms. The Morgan fingerprint density at radius 3 is 2.77 bits per heavy atom. The maximum absolute atomic E-state index is 12.4. The normalized spacial score (nSPS) is 11.2. The van der Waals surface area contributed by atoms with Crippen molar-refractivity contribution < 1.29 is 4.74 Å². The Morgan fingerprint density at radius 2 is 1.97 bits per heavy atom. The minimum atomic E-state index is -0.400. The first kappa shape index (κ1) is 20.7. The van der Waals surface area contributed by atoms with Crippen LogP contribution in [0.1, 0.15) is 27.2 Å². The number of hydrogen-bond donors (Lipinski definition) is 3. The minimum absolute atomic E-state index is 0.400. The molecule has 0 unspecified atom stereocenters. The summed E-state index contributed by atoms with van der Waals surface area (Å²) in [7, 11) is 0. The fourth-order valence-electron chi connectivity index (χ4n) is 3.37. The van der Waals surface area contributed by atoms with Crippen molar-refractivity contribution in [3.63, 3.8) is 0 Å². The Morgan fingerprint density at radius 1 is 1.13 bits per heavy atom. The molecule has 0 radical (unpaired) electrons. The Balaban J connectivity index is 1.75. The van der Waals surface area contributed by atoms with Crippen molar-refractivity contribution in [1.29, 1.82) is 0 Å². The molecule has 7 nitrogen and oxygen atoms in total. The lowest BCUT2D eigenvalue weighted by Gasteiger charge is -2.13. The Kier molecular flexibility index (Phi) is 6.02. The van der Waals surface area contributed by atoms with E-state index < -0.39 is 5.69 Å². The predicted octanol–water partition coefficient (Wildman–Crippen LogP) is 4.84. The molecule has 2 heterocycles. The van der Waals surface area contributed by atoms with Gasteiger partial charge in [0.1, 0.15) is 5.75 Å². The van der Waals surface area contributed by atoms with Crippen molar-refractivity contribution in [3.8, 4) is 28.3 Å². The summed E-state index contributed by atoms with van der Waals surface area (Å²) in [5.41, 5.74) is 3.48. The van der Waals surface area contributed by atoms with Crippen LogP contribution in [0.3, 0.4) is 0 Å². The van der Waals surface area contributed by atoms with Crippen molar-refractivity contribution in [2.75, 3.05) is 18.5 Å². The number of ether oxygens (including phenoxy) is 1. The molecule has 0 saturated carbocycles. The molecular formula is C24H27N5O2. The van der Waals surface area contributed by atoms with E-state index in [0.717, 1.165) is 46.6 Å². The molecule has 2 aromatic carbocycles. The number of nitrogens with zero attached hydrogens (tertiary/aromatic N) is 2. The van der Waals surface area contributed by atoms with Gasteiger partial charge < -0.3 is 15.0 Å². The number of nitrogens with one attached hydrogen (secondary N) is 3. The van der Waals surface area contributed by atoms with Crippen molar-refractivity contribution in [2.45, 2.75) is 27.2 Å². The van der Waals surface area contributed by atoms with Gasteiger partial charge in [-0.3, -0.25) is 5.10 Å². The maximum atomic E-state index is 12.4. The van der Waals surface area contributed by atoms with Gasteiger partial charge in [-0.1, -0.05) is 39.0 Å². The largest absolute Gasteiger partial charge is 0.493 e. The quantitative estimate of drug-likeness (QED) is 0.381. The van der Waals surface area contributed by atoms with Crippen molar-refractivity contribution in [3.05, 3.63) is 59.0 Å². The molecule has 4 rings (SSSR count). The van der Waals surface area contributed by atoms with Gasteiger partial charge in [-0.15, -0.1) is 0 Å². The molecule has 160 valence electrons. The highest BCUT2D eigenvalue weighted by atomic mass is 16.5. The summed E-state index contributed by atoms with van der Waals surface area (Å²) in [5.74, 6) is 1.94. The minimum Gasteiger partial charge on any atom is -0.493 e. The molecule has 31 heavy (non-hydrogen) atoms. The zero-order valence-electron chi connectivity index (χ0n) is 18.0. The lowest BCUT2D eigenvalue weighted by atomic mass is 10.1. The molecule has 0 aliphatic rings. The fraction of sp³-hybridized carbons (Fsp3) is 0.292. The first-order valence-corrected chi connectivity index (χ1v) is 10.6. The van der Waals surface area contributed by atoms with Crippen LogP contribution >= 0.6 is 0 Å². The summed E-state index contributed by atoms with van der Waals surface area (Å²) in [4.78, 5) is 19.5. The fourth-order valence-corrected chi connectivity index (χ4v) is 3.37. The molecule has 0 amide bonds. The van der Waals surface area contributed by atoms with Crippen LogP contribution in [0.2, 0.25) is 0 Å². The topological polar surface area (TPSA) is 95.7 Å². The van der Waals surface area contributed by atoms with Crippen LogP contribution in [0.15, 0.2) is 53.3 Å². The second-order valence-corrected chi connectivity index (χ2v) is 7.95. The standard InChI is InChI=1S/C24H27N5O2/c1-4-11-25-23-18-12-16(9-10-19(18)28-29-23)20-13-21(27-24(30)26-20)17-7-5-6-8-22(17)31-14-15(2)3/h5-10,12-13,15H,4,11,14H2,1-3H3,(H2,25,28,29)(H,26,27,30). The van der Waals surface area contributed by atoms with Gasteiger partial charge in [0.25, 0.3) is 0 Å². The van der Waals surface area contributed by atoms with Crippen LogP contribution in [-0.2, 0) is 0 Å². The van der Waals surface area contributed by atoms with Crippen LogP contribution in [0.4, 0.5) is 5.82 Å². The molecule has 0 aliphatic heterocycles. The number of hydrogen-bond acceptors (Lipinski definition) is 5. The molecule has 4 aromatic rings. The molecule has 0 atom stereocenters. The summed E-state index contributed by atoms with van der Waals surface area (Å²) >= 11 is 0. The molecule has 2 aromatic heterocycles. The molecule has 0 aliphatic carbocycles. The van der Waals surface area contributed by atoms with Crippen molar-refractivity contribution in [1.82, 2.24) is 20.2 Å². The van der Waals surface area contributed by atoms with Gasteiger partial charge >= 0.3 is 5.69 Å². The highest BCUT2D eigenvalue weighted by molar-refractivity contribution is 5.93. The van der Waals surface area contributed by atoms with Crippen LogP contribution < -0.4 is 15.7 Å². The molecule has 0 spiro atoms. The summed E-state index contributed by atoms with van der Waals surface area (Å²) < 4.78 is 5.98. The van der Waals surface area contributed by atoms with E-state index >= 15 is 0 Å². The van der Waals surface area contributed by atoms with Crippen molar-refractivity contribution in [2.24, 2.45) is 5.92 Å². The van der Waals surface area contributed by atoms with Crippen LogP contribution in [-0.4, -0.2) is 33.3 Å². The average molecular weight is 418 g/mol. The number of aromatic amines is 2. The van der Waals surface area contributed by atoms with E-state index in [2.05, 4.69) is 46.3 Å². The molecular weight excluding hydrogens is 390 g/mol. The number of H-pyrrole nitrogens is 2. The first-order valence-electron chi connectivity index (χ1n) is 10.6.